The molecule has 45 heavy (non-hydrogen) atoms. The topological polar surface area (TPSA) is 150 Å². The van der Waals surface area contributed by atoms with Crippen molar-refractivity contribution in [2.45, 2.75) is 24.5 Å². The summed E-state index contributed by atoms with van der Waals surface area (Å²) in [6.07, 6.45) is 0.449. The molecule has 13 heteroatoms. The van der Waals surface area contributed by atoms with Gasteiger partial charge in [0, 0.05) is 24.1 Å². The number of carbonyl (C=O) groups excluding carboxylic acids is 3. The normalized spacial score (nSPS) is 20.6. The lowest BCUT2D eigenvalue weighted by molar-refractivity contribution is -0.384. The number of hydrazone groups is 1. The number of anilines is 1. The van der Waals surface area contributed by atoms with Crippen molar-refractivity contribution in [1.29, 1.82) is 0 Å². The Kier molecular flexibility index (Phi) is 6.76. The summed E-state index contributed by atoms with van der Waals surface area (Å²) in [4.78, 5) is 52.0. The third-order valence-corrected chi connectivity index (χ3v) is 8.24. The van der Waals surface area contributed by atoms with E-state index in [-0.39, 0.29) is 17.9 Å². The van der Waals surface area contributed by atoms with E-state index in [1.165, 1.54) is 34.3 Å². The van der Waals surface area contributed by atoms with E-state index in [1.807, 2.05) is 66.7 Å². The number of nitro benzene ring substituents is 1. The zero-order valence-electron chi connectivity index (χ0n) is 23.9. The highest BCUT2D eigenvalue weighted by molar-refractivity contribution is 6.25. The lowest BCUT2D eigenvalue weighted by Crippen LogP contribution is -2.44. The van der Waals surface area contributed by atoms with E-state index < -0.39 is 40.8 Å². The van der Waals surface area contributed by atoms with Crippen LogP contribution in [-0.2, 0) is 14.4 Å². The van der Waals surface area contributed by atoms with Gasteiger partial charge in [-0.15, -0.1) is 0 Å². The largest absolute Gasteiger partial charge is 0.497 e. The van der Waals surface area contributed by atoms with Crippen LogP contribution >= 0.6 is 0 Å². The minimum absolute atomic E-state index is 0.176. The molecule has 1 fully saturated rings. The molecule has 224 valence electrons. The second-order valence-electron chi connectivity index (χ2n) is 10.8. The Labute approximate surface area is 256 Å². The van der Waals surface area contributed by atoms with E-state index in [2.05, 4.69) is 10.3 Å². The molecule has 1 saturated heterocycles. The number of rotatable bonds is 7. The van der Waals surface area contributed by atoms with Crippen molar-refractivity contribution in [2.75, 3.05) is 18.6 Å². The van der Waals surface area contributed by atoms with Crippen LogP contribution in [0.3, 0.4) is 0 Å². The van der Waals surface area contributed by atoms with Gasteiger partial charge in [-0.3, -0.25) is 29.5 Å². The van der Waals surface area contributed by atoms with E-state index in [1.54, 1.807) is 7.11 Å². The van der Waals surface area contributed by atoms with Crippen molar-refractivity contribution in [3.05, 3.63) is 112 Å². The second kappa shape index (κ2) is 10.9. The van der Waals surface area contributed by atoms with Crippen LogP contribution in [0.5, 0.6) is 5.75 Å². The smallest absolute Gasteiger partial charge is 0.269 e. The minimum Gasteiger partial charge on any atom is -0.497 e. The number of fused-ring (bicyclic) bond motifs is 2. The number of ether oxygens (including phenoxy) is 1. The maximum atomic E-state index is 14.0. The molecule has 3 amide bonds. The average Bonchev–Trinajstić information content (AvgIpc) is 3.76. The SMILES string of the molecule is COc1ccc([C@@H]2CC(c3cccc4ccccc34)=NN2C(=O)CN2N=N[C@@H]3C(=O)N(c4ccc([N+](=O)[O-])cc4)C(=O)[C@@H]32)cc1. The lowest BCUT2D eigenvalue weighted by atomic mass is 9.95. The van der Waals surface area contributed by atoms with Gasteiger partial charge in [-0.05, 0) is 40.6 Å². The highest BCUT2D eigenvalue weighted by atomic mass is 16.6. The molecule has 3 heterocycles. The number of hydrogen-bond donors (Lipinski definition) is 0. The standard InChI is InChI=1S/C32H25N7O6/c1-45-23-15-9-20(10-16-23)27-17-26(25-8-4-6-19-5-2-3-7-24(19)25)34-38(27)28(40)18-36-30-29(33-35-36)31(41)37(32(30)42)21-11-13-22(14-12-21)39(43)44/h2-16,27,29-30H,17-18H2,1H3/t27-,29-,30+/m0/s1. The molecular formula is C32H25N7O6. The Bertz CT molecular complexity index is 1920. The summed E-state index contributed by atoms with van der Waals surface area (Å²) < 4.78 is 5.32. The molecule has 4 aromatic carbocycles. The van der Waals surface area contributed by atoms with Gasteiger partial charge >= 0.3 is 0 Å². The molecule has 0 N–H and O–H groups in total. The summed E-state index contributed by atoms with van der Waals surface area (Å²) in [5, 5.41) is 28.6. The maximum Gasteiger partial charge on any atom is 0.269 e. The first-order chi connectivity index (χ1) is 21.8. The van der Waals surface area contributed by atoms with E-state index in [9.17, 15) is 24.5 Å². The molecule has 0 aliphatic carbocycles. The summed E-state index contributed by atoms with van der Waals surface area (Å²) in [7, 11) is 1.58. The molecule has 0 aromatic heterocycles. The van der Waals surface area contributed by atoms with Crippen molar-refractivity contribution in [2.24, 2.45) is 15.4 Å². The summed E-state index contributed by atoms with van der Waals surface area (Å²) in [6, 6.07) is 23.7. The Morgan fingerprint density at radius 2 is 1.69 bits per heavy atom. The number of hydrogen-bond acceptors (Lipinski definition) is 10. The third kappa shape index (κ3) is 4.74. The van der Waals surface area contributed by atoms with Crippen LogP contribution in [0.4, 0.5) is 11.4 Å². The molecule has 0 saturated carbocycles. The number of imide groups is 1. The summed E-state index contributed by atoms with van der Waals surface area (Å²) in [5.41, 5.74) is 2.50. The van der Waals surface area contributed by atoms with Crippen molar-refractivity contribution >= 4 is 45.6 Å². The van der Waals surface area contributed by atoms with Gasteiger partial charge in [0.25, 0.3) is 23.4 Å². The Hall–Kier alpha value is -5.98. The van der Waals surface area contributed by atoms with Gasteiger partial charge in [0.05, 0.1) is 29.5 Å². The Balaban J connectivity index is 1.17. The number of nitro groups is 1. The third-order valence-electron chi connectivity index (χ3n) is 8.24. The Morgan fingerprint density at radius 3 is 2.42 bits per heavy atom. The molecule has 4 aromatic rings. The number of non-ortho nitro benzene ring substituents is 1. The van der Waals surface area contributed by atoms with Crippen molar-refractivity contribution in [1.82, 2.24) is 10.0 Å². The molecule has 13 nitrogen and oxygen atoms in total. The molecule has 0 unspecified atom stereocenters. The molecular weight excluding hydrogens is 578 g/mol. The van der Waals surface area contributed by atoms with Crippen molar-refractivity contribution in [3.63, 3.8) is 0 Å². The fourth-order valence-corrected chi connectivity index (χ4v) is 6.01. The van der Waals surface area contributed by atoms with Crippen LogP contribution in [0, 0.1) is 10.1 Å². The number of amides is 3. The fourth-order valence-electron chi connectivity index (χ4n) is 6.01. The van der Waals surface area contributed by atoms with E-state index >= 15 is 0 Å². The van der Waals surface area contributed by atoms with Gasteiger partial charge in [-0.1, -0.05) is 59.8 Å². The van der Waals surface area contributed by atoms with Gasteiger partial charge in [0.2, 0.25) is 0 Å². The fraction of sp³-hybridized carbons (Fsp3) is 0.188. The predicted molar refractivity (Wildman–Crippen MR) is 162 cm³/mol. The monoisotopic (exact) mass is 603 g/mol. The number of nitrogens with zero attached hydrogens (tertiary/aromatic N) is 7. The van der Waals surface area contributed by atoms with Crippen LogP contribution in [0.15, 0.2) is 106 Å². The summed E-state index contributed by atoms with van der Waals surface area (Å²) >= 11 is 0. The van der Waals surface area contributed by atoms with Crippen LogP contribution in [0.1, 0.15) is 23.6 Å². The number of benzene rings is 4. The van der Waals surface area contributed by atoms with Gasteiger partial charge in [-0.25, -0.2) is 9.91 Å². The van der Waals surface area contributed by atoms with E-state index in [0.29, 0.717) is 12.2 Å². The molecule has 3 atom stereocenters. The minimum atomic E-state index is -1.13. The van der Waals surface area contributed by atoms with Gasteiger partial charge in [0.15, 0.2) is 12.1 Å². The highest BCUT2D eigenvalue weighted by Crippen LogP contribution is 2.37. The quantitative estimate of drug-likeness (QED) is 0.172. The summed E-state index contributed by atoms with van der Waals surface area (Å²) in [5.74, 6) is -0.995. The number of carbonyl (C=O) groups is 3. The van der Waals surface area contributed by atoms with Crippen molar-refractivity contribution in [3.8, 4) is 5.75 Å². The second-order valence-corrected chi connectivity index (χ2v) is 10.8. The lowest BCUT2D eigenvalue weighted by Gasteiger charge is -2.25. The maximum absolute atomic E-state index is 14.0. The predicted octanol–water partition coefficient (Wildman–Crippen LogP) is 4.43. The van der Waals surface area contributed by atoms with Crippen LogP contribution < -0.4 is 9.64 Å². The first-order valence-corrected chi connectivity index (χ1v) is 14.2. The van der Waals surface area contributed by atoms with Crippen LogP contribution in [-0.4, -0.2) is 64.1 Å². The number of methoxy groups -OCH3 is 1. The molecule has 7 rings (SSSR count). The highest BCUT2D eigenvalue weighted by Gasteiger charge is 2.55. The Morgan fingerprint density at radius 1 is 0.956 bits per heavy atom. The molecule has 0 bridgehead atoms. The van der Waals surface area contributed by atoms with E-state index in [0.717, 1.165) is 32.5 Å². The first kappa shape index (κ1) is 27.8. The van der Waals surface area contributed by atoms with Crippen molar-refractivity contribution < 1.29 is 24.0 Å². The average molecular weight is 604 g/mol. The van der Waals surface area contributed by atoms with Crippen LogP contribution in [0.25, 0.3) is 10.8 Å². The summed E-state index contributed by atoms with van der Waals surface area (Å²) in [6.45, 7) is -0.350. The van der Waals surface area contributed by atoms with Crippen LogP contribution in [0.2, 0.25) is 0 Å². The first-order valence-electron chi connectivity index (χ1n) is 14.2. The zero-order chi connectivity index (χ0) is 31.2. The van der Waals surface area contributed by atoms with Gasteiger partial charge < -0.3 is 4.74 Å². The zero-order valence-corrected chi connectivity index (χ0v) is 23.9. The molecule has 3 aliphatic rings. The van der Waals surface area contributed by atoms with Gasteiger partial charge in [-0.2, -0.15) is 10.2 Å². The molecule has 3 aliphatic heterocycles. The van der Waals surface area contributed by atoms with E-state index in [4.69, 9.17) is 9.84 Å². The molecule has 0 spiro atoms. The van der Waals surface area contributed by atoms with Gasteiger partial charge in [0.1, 0.15) is 12.3 Å². The molecule has 0 radical (unpaired) electrons.